The Kier molecular flexibility index (Phi) is 2.74. The van der Waals surface area contributed by atoms with Crippen molar-refractivity contribution in [2.24, 2.45) is 11.0 Å². The molecule has 0 radical (unpaired) electrons. The molecule has 10 atom stereocenters. The topological polar surface area (TPSA) is 69.1 Å². The van der Waals surface area contributed by atoms with Crippen LogP contribution in [0, 0.1) is 5.92 Å². The molecule has 1 amide bonds. The summed E-state index contributed by atoms with van der Waals surface area (Å²) in [4.78, 5) is 22.1. The zero-order valence-electron chi connectivity index (χ0n) is 39.6. The highest BCUT2D eigenvalue weighted by Gasteiger charge is 2.85. The van der Waals surface area contributed by atoms with Gasteiger partial charge in [-0.25, -0.2) is 0 Å². The summed E-state index contributed by atoms with van der Waals surface area (Å²) in [5.74, 6) is 1.91. The first-order valence-corrected chi connectivity index (χ1v) is 28.6. The smallest absolute Gasteiger partial charge is 0.254 e. The third-order valence-electron chi connectivity index (χ3n) is 28.6. The van der Waals surface area contributed by atoms with Crippen LogP contribution in [0.3, 0.4) is 0 Å². The maximum atomic E-state index is 16.4. The van der Waals surface area contributed by atoms with Gasteiger partial charge in [-0.15, -0.1) is 0 Å². The largest absolute Gasteiger partial charge is 0.331 e. The van der Waals surface area contributed by atoms with Crippen LogP contribution in [0.15, 0.2) is 35.0 Å². The van der Waals surface area contributed by atoms with E-state index in [-0.39, 0.29) is 29.8 Å². The van der Waals surface area contributed by atoms with Crippen LogP contribution in [0.25, 0.3) is 216 Å². The summed E-state index contributed by atoms with van der Waals surface area (Å²) in [6.07, 6.45) is 0. The Hall–Kier alpha value is -8.76. The van der Waals surface area contributed by atoms with Gasteiger partial charge in [-0.3, -0.25) is 4.79 Å². The van der Waals surface area contributed by atoms with Crippen molar-refractivity contribution in [3.8, 4) is 0 Å². The van der Waals surface area contributed by atoms with Crippen molar-refractivity contribution in [3.05, 3.63) is 118 Å². The summed E-state index contributed by atoms with van der Waals surface area (Å²) in [6.45, 7) is 5.14. The molecule has 1 fully saturated rings. The second-order valence-electron chi connectivity index (χ2n) is 28.3. The SMILES string of the molecule is C[C@@H]1N(C(=O)c2ccc(N=[N+]=[N-])cc2)[C@H](C)C23c4c5c6c7c8c9c%10c%11c%12c%13c%14c%15c%16c%17c%18c%14c%14c%19c%20c%21c%22c%23c%24c(c%25c4c4c6c8c6c%10c8c%10c%11c(c%14%13)c%20c%10c%10c%21c%24c%11c%25c4c6c8c%11%10)C12C=%23C(=C%17C3C5C%16=C7C%15C%129)C%18C%19%22. The molecule has 0 saturated carbocycles. The van der Waals surface area contributed by atoms with Gasteiger partial charge < -0.3 is 4.90 Å². The fourth-order valence-corrected chi connectivity index (χ4v) is 28.8. The Morgan fingerprint density at radius 3 is 1.50 bits per heavy atom. The number of carbonyl (C=O) groups excluding carboxylic acids is 1. The highest BCUT2D eigenvalue weighted by atomic mass is 16.2. The maximum absolute atomic E-state index is 16.4. The van der Waals surface area contributed by atoms with E-state index < -0.39 is 10.8 Å². The summed E-state index contributed by atoms with van der Waals surface area (Å²) in [7, 11) is 0. The van der Waals surface area contributed by atoms with Crippen LogP contribution in [-0.2, 0) is 10.8 Å². The minimum absolute atomic E-state index is 0.0922. The van der Waals surface area contributed by atoms with E-state index >= 15 is 4.79 Å². The highest BCUT2D eigenvalue weighted by Crippen LogP contribution is 2.92. The number of hydrogen-bond donors (Lipinski definition) is 0. The van der Waals surface area contributed by atoms with E-state index in [2.05, 4.69) is 28.8 Å². The molecule has 0 N–H and O–H groups in total. The number of azide groups is 1. The van der Waals surface area contributed by atoms with Gasteiger partial charge in [0.15, 0.2) is 0 Å². The van der Waals surface area contributed by atoms with E-state index in [0.717, 1.165) is 0 Å². The van der Waals surface area contributed by atoms with Gasteiger partial charge in [0.1, 0.15) is 0 Å². The minimum Gasteiger partial charge on any atom is -0.331 e. The molecule has 5 heteroatoms. The summed E-state index contributed by atoms with van der Waals surface area (Å²) in [6, 6.07) is 7.41. The van der Waals surface area contributed by atoms with E-state index in [4.69, 9.17) is 0 Å². The quantitative estimate of drug-likeness (QED) is 0.0737. The molecule has 14 aliphatic carbocycles. The number of likely N-dealkylation sites (tertiary alicyclic amines) is 1. The lowest BCUT2D eigenvalue weighted by Crippen LogP contribution is -2.60. The molecular formula is C71H18N4O. The molecule has 76 heavy (non-hydrogen) atoms. The van der Waals surface area contributed by atoms with Gasteiger partial charge in [-0.1, -0.05) is 17.2 Å². The molecule has 328 valence electrons. The van der Waals surface area contributed by atoms with Gasteiger partial charge in [0.25, 0.3) is 5.91 Å². The first-order chi connectivity index (χ1) is 37.6. The zero-order valence-corrected chi connectivity index (χ0v) is 39.6. The van der Waals surface area contributed by atoms with E-state index in [1.807, 2.05) is 24.3 Å². The van der Waals surface area contributed by atoms with E-state index in [1.54, 1.807) is 283 Å². The lowest BCUT2D eigenvalue weighted by atomic mass is 9.41. The summed E-state index contributed by atoms with van der Waals surface area (Å²) < 4.78 is 0. The van der Waals surface area contributed by atoms with E-state index in [9.17, 15) is 5.53 Å². The lowest BCUT2D eigenvalue weighted by molar-refractivity contribution is 0.0660. The van der Waals surface area contributed by atoms with Crippen LogP contribution < -0.4 is 5.22 Å². The highest BCUT2D eigenvalue weighted by molar-refractivity contribution is 6.73. The number of hydrogen-bond acceptors (Lipinski definition) is 2. The molecule has 2 spiro atoms. The van der Waals surface area contributed by atoms with Gasteiger partial charge in [0, 0.05) is 69.2 Å². The Bertz CT molecular complexity index is 7140. The summed E-state index contributed by atoms with van der Waals surface area (Å²) in [5.41, 5.74) is 39.3. The second-order valence-corrected chi connectivity index (χ2v) is 28.3. The predicted octanol–water partition coefficient (Wildman–Crippen LogP) is 16.1. The third kappa shape index (κ3) is 1.64. The van der Waals surface area contributed by atoms with Crippen LogP contribution in [0.2, 0.25) is 0 Å². The zero-order chi connectivity index (χ0) is 46.2. The van der Waals surface area contributed by atoms with E-state index in [0.29, 0.717) is 34.9 Å². The molecule has 5 nitrogen and oxygen atoms in total. The fourth-order valence-electron chi connectivity index (χ4n) is 28.8. The number of carbonyl (C=O) groups is 1. The molecule has 0 aromatic heterocycles. The normalized spacial score (nSPS) is 31.8. The second kappa shape index (κ2) is 6.96. The average Bonchev–Trinajstić information content (AvgIpc) is 1.81. The Labute approximate surface area is 419 Å². The van der Waals surface area contributed by atoms with Crippen LogP contribution in [-0.4, -0.2) is 22.9 Å². The molecule has 15 aliphatic rings. The van der Waals surface area contributed by atoms with Crippen molar-refractivity contribution >= 4 is 217 Å². The van der Waals surface area contributed by atoms with Gasteiger partial charge in [0.05, 0.1) is 5.41 Å². The van der Waals surface area contributed by atoms with Gasteiger partial charge >= 0.3 is 0 Å². The number of amides is 1. The van der Waals surface area contributed by atoms with Gasteiger partial charge in [0.2, 0.25) is 0 Å². The molecule has 8 unspecified atom stereocenters. The number of rotatable bonds is 2. The Morgan fingerprint density at radius 1 is 0.434 bits per heavy atom. The number of allylic oxidation sites excluding steroid dienone is 4. The van der Waals surface area contributed by atoms with Crippen molar-refractivity contribution in [2.75, 3.05) is 0 Å². The molecule has 1 heterocycles. The molecular weight excluding hydrogens is 925 g/mol. The van der Waals surface area contributed by atoms with Crippen LogP contribution in [0.5, 0.6) is 0 Å². The maximum Gasteiger partial charge on any atom is 0.254 e. The minimum atomic E-state index is -0.453. The monoisotopic (exact) mass is 942 g/mol. The fraction of sp³-hybridized carbons (Fsp3) is 0.169. The number of nitrogens with zero attached hydrogens (tertiary/aromatic N) is 4. The molecule has 1 saturated heterocycles. The predicted molar refractivity (Wildman–Crippen MR) is 301 cm³/mol. The molecule has 1 aliphatic heterocycles. The van der Waals surface area contributed by atoms with Crippen LogP contribution in [0.1, 0.15) is 121 Å². The van der Waals surface area contributed by atoms with Crippen molar-refractivity contribution in [1.82, 2.24) is 4.90 Å². The van der Waals surface area contributed by atoms with Crippen molar-refractivity contribution in [3.63, 3.8) is 0 Å². The molecule has 19 aromatic carbocycles. The van der Waals surface area contributed by atoms with Crippen molar-refractivity contribution < 1.29 is 4.79 Å². The molecule has 0 bridgehead atoms. The molecule has 34 rings (SSSR count). The summed E-state index contributed by atoms with van der Waals surface area (Å²) >= 11 is 0. The first kappa shape index (κ1) is 30.0. The summed E-state index contributed by atoms with van der Waals surface area (Å²) in [5, 5.41) is 62.0. The molecule has 19 aromatic rings. The van der Waals surface area contributed by atoms with E-state index in [1.165, 1.54) is 0 Å². The van der Waals surface area contributed by atoms with Crippen molar-refractivity contribution in [1.29, 1.82) is 0 Å². The lowest BCUT2D eigenvalue weighted by Gasteiger charge is -2.58. The van der Waals surface area contributed by atoms with Crippen LogP contribution in [0.4, 0.5) is 5.69 Å². The van der Waals surface area contributed by atoms with Gasteiger partial charge in [-0.05, 0) is 314 Å². The van der Waals surface area contributed by atoms with Crippen molar-refractivity contribution in [2.45, 2.75) is 66.4 Å². The Balaban J connectivity index is 1.01. The first-order valence-electron chi connectivity index (χ1n) is 28.6. The average molecular weight is 943 g/mol. The van der Waals surface area contributed by atoms with Crippen LogP contribution >= 0.6 is 0 Å². The number of benzene rings is 13. The third-order valence-corrected chi connectivity index (χ3v) is 28.6. The standard InChI is InChI=1S/C71H18N4O/c1-7-70-65-57-49-39-29-21-13-11-12-15-19-17(13)25-33-27(19)37-31-23(15)24-16(12)20-18-14(11)22(21)30-36-26(18)34-28(20)38-32(24)42-41(31)51-45(37)55-47(33)53(43(49)35(25)29)61(65)63(55)67-59(51)60-52(42)46(38)56-48(34)54-44(36)50(40(30)39)58(57)66(70)62(54)64(56)68(60)71(67,70)8(2)75(7)69(76)9-3-5-10(6-4-9)73-74-72/h3-8,21,29,45,55,57,65H,1-2H3/t7-,8+,21?,29?,45?,55?,57?,65?,70?,71?/m1/s1. The van der Waals surface area contributed by atoms with Gasteiger partial charge in [-0.2, -0.15) is 0 Å². The Morgan fingerprint density at radius 2 is 0.882 bits per heavy atom.